The number of aromatic amines is 1. The number of hydroxylamine groups is 1. The molecule has 3 rings (SSSR count). The number of imidazole rings is 1. The summed E-state index contributed by atoms with van der Waals surface area (Å²) in [5.41, 5.74) is 7.94. The summed E-state index contributed by atoms with van der Waals surface area (Å²) in [6, 6.07) is 13.2. The molecule has 0 saturated heterocycles. The number of nitrogens with two attached hydrogens (primary N) is 1. The zero-order chi connectivity index (χ0) is 19.8. The fraction of sp³-hybridized carbons (Fsp3) is 0.0588. The molecule has 0 fully saturated rings. The van der Waals surface area contributed by atoms with E-state index in [1.54, 1.807) is 30.3 Å². The molecule has 0 unspecified atom stereocenters. The van der Waals surface area contributed by atoms with Crippen molar-refractivity contribution in [1.29, 1.82) is 0 Å². The van der Waals surface area contributed by atoms with E-state index in [2.05, 4.69) is 25.8 Å². The van der Waals surface area contributed by atoms with Gasteiger partial charge in [0, 0.05) is 11.1 Å². The molecule has 0 saturated carbocycles. The van der Waals surface area contributed by atoms with Gasteiger partial charge in [0.2, 0.25) is 5.95 Å². The van der Waals surface area contributed by atoms with Crippen LogP contribution in [0.1, 0.15) is 15.9 Å². The number of ketones is 1. The molecule has 2 aromatic carbocycles. The summed E-state index contributed by atoms with van der Waals surface area (Å²) in [6.07, 6.45) is -0.611. The predicted octanol–water partition coefficient (Wildman–Crippen LogP) is 2.02. The number of primary amides is 1. The minimum Gasteiger partial charge on any atom is -0.453 e. The first-order chi connectivity index (χ1) is 12.9. The smallest absolute Gasteiger partial charge is 0.413 e. The van der Waals surface area contributed by atoms with E-state index in [1.165, 1.54) is 12.6 Å². The Morgan fingerprint density at radius 3 is 2.37 bits per heavy atom. The highest BCUT2D eigenvalue weighted by Crippen LogP contribution is 2.18. The van der Waals surface area contributed by atoms with Crippen LogP contribution in [0.25, 0.3) is 11.0 Å². The van der Waals surface area contributed by atoms with Gasteiger partial charge in [-0.3, -0.25) is 15.3 Å². The summed E-state index contributed by atoms with van der Waals surface area (Å²) in [4.78, 5) is 39.9. The lowest BCUT2D eigenvalue weighted by Crippen LogP contribution is -2.25. The third kappa shape index (κ3) is 5.28. The number of hydrogen-bond acceptors (Lipinski definition) is 6. The van der Waals surface area contributed by atoms with Crippen molar-refractivity contribution in [2.75, 3.05) is 12.4 Å². The fourth-order valence-electron chi connectivity index (χ4n) is 2.11. The maximum absolute atomic E-state index is 12.4. The van der Waals surface area contributed by atoms with Crippen molar-refractivity contribution >= 4 is 34.9 Å². The molecule has 27 heavy (non-hydrogen) atoms. The second kappa shape index (κ2) is 8.97. The molecule has 0 radical (unpaired) electrons. The number of anilines is 1. The van der Waals surface area contributed by atoms with Crippen LogP contribution in [-0.4, -0.2) is 40.2 Å². The van der Waals surface area contributed by atoms with E-state index in [9.17, 15) is 14.4 Å². The molecule has 10 nitrogen and oxygen atoms in total. The maximum atomic E-state index is 12.4. The lowest BCUT2D eigenvalue weighted by atomic mass is 10.0. The van der Waals surface area contributed by atoms with E-state index in [0.29, 0.717) is 22.2 Å². The molecule has 3 amide bonds. The van der Waals surface area contributed by atoms with E-state index in [0.717, 1.165) is 0 Å². The second-order valence-corrected chi connectivity index (χ2v) is 5.11. The van der Waals surface area contributed by atoms with Crippen LogP contribution < -0.4 is 16.5 Å². The third-order valence-electron chi connectivity index (χ3n) is 3.30. The Kier molecular flexibility index (Phi) is 6.44. The first-order valence-corrected chi connectivity index (χ1v) is 7.58. The van der Waals surface area contributed by atoms with Gasteiger partial charge in [-0.25, -0.2) is 20.1 Å². The summed E-state index contributed by atoms with van der Waals surface area (Å²) >= 11 is 0. The van der Waals surface area contributed by atoms with E-state index in [4.69, 9.17) is 5.21 Å². The Labute approximate surface area is 153 Å². The Morgan fingerprint density at radius 1 is 1.11 bits per heavy atom. The SMILES string of the molecule is COC(=O)Nc1nc2ccc(C(=O)c3ccccc3)cc2[nH]1.NC(=O)NO. The van der Waals surface area contributed by atoms with Gasteiger partial charge in [0.15, 0.2) is 5.78 Å². The number of hydrogen-bond donors (Lipinski definition) is 5. The standard InChI is InChI=1S/C16H13N3O3.CH4N2O2/c1-22-16(21)19-15-17-12-8-7-11(9-13(12)18-15)14(20)10-5-3-2-4-6-10;2-1(4)3-5/h2-9H,1H3,(H2,17,18,19,21);5H,(H3,2,3,4). The highest BCUT2D eigenvalue weighted by Gasteiger charge is 2.12. The molecule has 10 heteroatoms. The van der Waals surface area contributed by atoms with Gasteiger partial charge in [0.05, 0.1) is 18.1 Å². The average Bonchev–Trinajstić information content (AvgIpc) is 3.09. The molecule has 1 heterocycles. The number of urea groups is 1. The maximum Gasteiger partial charge on any atom is 0.413 e. The number of rotatable bonds is 3. The van der Waals surface area contributed by atoms with Crippen LogP contribution in [0.4, 0.5) is 15.5 Å². The second-order valence-electron chi connectivity index (χ2n) is 5.11. The van der Waals surface area contributed by atoms with Crippen molar-refractivity contribution in [1.82, 2.24) is 15.4 Å². The van der Waals surface area contributed by atoms with Crippen molar-refractivity contribution < 1.29 is 24.3 Å². The molecule has 0 spiro atoms. The largest absolute Gasteiger partial charge is 0.453 e. The summed E-state index contributed by atoms with van der Waals surface area (Å²) in [5, 5.41) is 9.87. The topological polar surface area (TPSA) is 159 Å². The highest BCUT2D eigenvalue weighted by molar-refractivity contribution is 6.10. The molecule has 0 aliphatic rings. The van der Waals surface area contributed by atoms with Crippen molar-refractivity contribution in [2.45, 2.75) is 0 Å². The number of carbonyl (C=O) groups excluding carboxylic acids is 3. The molecule has 0 aliphatic heterocycles. The van der Waals surface area contributed by atoms with Crippen molar-refractivity contribution in [3.63, 3.8) is 0 Å². The zero-order valence-electron chi connectivity index (χ0n) is 14.2. The molecule has 1 aromatic heterocycles. The Morgan fingerprint density at radius 2 is 1.78 bits per heavy atom. The predicted molar refractivity (Wildman–Crippen MR) is 96.5 cm³/mol. The van der Waals surface area contributed by atoms with Gasteiger partial charge >= 0.3 is 12.1 Å². The van der Waals surface area contributed by atoms with Gasteiger partial charge in [0.25, 0.3) is 0 Å². The zero-order valence-corrected chi connectivity index (χ0v) is 14.2. The first kappa shape index (κ1) is 19.4. The third-order valence-corrected chi connectivity index (χ3v) is 3.30. The van der Waals surface area contributed by atoms with Crippen LogP contribution in [-0.2, 0) is 4.74 Å². The fourth-order valence-corrected chi connectivity index (χ4v) is 2.11. The van der Waals surface area contributed by atoms with Crippen molar-refractivity contribution in [3.8, 4) is 0 Å². The molecule has 0 bridgehead atoms. The van der Waals surface area contributed by atoms with E-state index in [1.807, 2.05) is 18.2 Å². The van der Waals surface area contributed by atoms with Crippen LogP contribution in [0.2, 0.25) is 0 Å². The van der Waals surface area contributed by atoms with Crippen LogP contribution >= 0.6 is 0 Å². The van der Waals surface area contributed by atoms with E-state index < -0.39 is 12.1 Å². The van der Waals surface area contributed by atoms with Gasteiger partial charge in [-0.2, -0.15) is 0 Å². The number of benzene rings is 2. The van der Waals surface area contributed by atoms with Crippen LogP contribution in [0.15, 0.2) is 48.5 Å². The Bertz CT molecular complexity index is 955. The molecular weight excluding hydrogens is 354 g/mol. The number of ether oxygens (including phenoxy) is 1. The van der Waals surface area contributed by atoms with Crippen molar-refractivity contribution in [2.24, 2.45) is 5.73 Å². The van der Waals surface area contributed by atoms with Gasteiger partial charge in [0.1, 0.15) is 0 Å². The van der Waals surface area contributed by atoms with Crippen LogP contribution in [0, 0.1) is 0 Å². The average molecular weight is 371 g/mol. The van der Waals surface area contributed by atoms with E-state index >= 15 is 0 Å². The minimum absolute atomic E-state index is 0.0698. The minimum atomic E-state index is -0.940. The number of nitrogens with one attached hydrogen (secondary N) is 3. The first-order valence-electron chi connectivity index (χ1n) is 7.58. The molecule has 140 valence electrons. The number of nitrogens with zero attached hydrogens (tertiary/aromatic N) is 1. The molecule has 0 atom stereocenters. The molecule has 3 aromatic rings. The van der Waals surface area contributed by atoms with Gasteiger partial charge in [-0.15, -0.1) is 0 Å². The quantitative estimate of drug-likeness (QED) is 0.269. The number of amides is 3. The number of fused-ring (bicyclic) bond motifs is 1. The van der Waals surface area contributed by atoms with E-state index in [-0.39, 0.29) is 11.7 Å². The van der Waals surface area contributed by atoms with Crippen LogP contribution in [0.3, 0.4) is 0 Å². The number of H-pyrrole nitrogens is 1. The van der Waals surface area contributed by atoms with Crippen molar-refractivity contribution in [3.05, 3.63) is 59.7 Å². The lowest BCUT2D eigenvalue weighted by molar-refractivity contribution is 0.103. The Balaban J connectivity index is 0.000000465. The van der Waals surface area contributed by atoms with Gasteiger partial charge in [-0.1, -0.05) is 30.3 Å². The van der Waals surface area contributed by atoms with Crippen LogP contribution in [0.5, 0.6) is 0 Å². The summed E-state index contributed by atoms with van der Waals surface area (Å²) in [6.45, 7) is 0. The monoisotopic (exact) mass is 371 g/mol. The molecule has 0 aliphatic carbocycles. The molecular formula is C17H17N5O5. The lowest BCUT2D eigenvalue weighted by Gasteiger charge is -2.00. The normalized spacial score (nSPS) is 9.70. The number of aromatic nitrogens is 2. The molecule has 6 N–H and O–H groups in total. The van der Waals surface area contributed by atoms with Gasteiger partial charge < -0.3 is 15.5 Å². The highest BCUT2D eigenvalue weighted by atomic mass is 16.5. The summed E-state index contributed by atoms with van der Waals surface area (Å²) in [7, 11) is 1.27. The number of carbonyl (C=O) groups is 3. The number of methoxy groups -OCH3 is 1. The summed E-state index contributed by atoms with van der Waals surface area (Å²) in [5.74, 6) is 0.200. The van der Waals surface area contributed by atoms with Gasteiger partial charge in [-0.05, 0) is 18.2 Å². The summed E-state index contributed by atoms with van der Waals surface area (Å²) < 4.78 is 4.51. The Hall–Kier alpha value is -3.92.